The zero-order valence-electron chi connectivity index (χ0n) is 17.3. The molecule has 0 radical (unpaired) electrons. The Morgan fingerprint density at radius 3 is 2.18 bits per heavy atom. The molecule has 0 saturated carbocycles. The van der Waals surface area contributed by atoms with E-state index in [9.17, 15) is 29.8 Å². The number of benzene rings is 2. The van der Waals surface area contributed by atoms with E-state index >= 15 is 0 Å². The number of ether oxygens (including phenoxy) is 1. The van der Waals surface area contributed by atoms with Crippen LogP contribution in [0.2, 0.25) is 5.02 Å². The summed E-state index contributed by atoms with van der Waals surface area (Å²) in [6.45, 7) is 2.96. The molecule has 0 aliphatic rings. The number of nitro groups is 2. The highest BCUT2D eigenvalue weighted by Gasteiger charge is 2.27. The highest BCUT2D eigenvalue weighted by molar-refractivity contribution is 7.15. The number of nitro benzene ring substituents is 2. The summed E-state index contributed by atoms with van der Waals surface area (Å²) in [5.74, 6) is -1.53. The standard InChI is InChI=1S/C21H16ClN3O7S/c1-3-32-21(27)18-15(12-4-6-14(22)7-5-12)10-33-20(18)23-19(26)13-8-16(24(28)29)11(2)17(9-13)25(30)31/h4-10H,3H2,1-2H3,(H,23,26). The fraction of sp³-hybridized carbons (Fsp3) is 0.143. The quantitative estimate of drug-likeness (QED) is 0.257. The second-order valence-corrected chi connectivity index (χ2v) is 8.00. The molecular weight excluding hydrogens is 474 g/mol. The zero-order valence-corrected chi connectivity index (χ0v) is 18.9. The Hall–Kier alpha value is -3.83. The van der Waals surface area contributed by atoms with Gasteiger partial charge >= 0.3 is 5.97 Å². The van der Waals surface area contributed by atoms with Crippen LogP contribution in [-0.2, 0) is 4.74 Å². The summed E-state index contributed by atoms with van der Waals surface area (Å²) in [5.41, 5.74) is -0.355. The molecule has 0 unspecified atom stereocenters. The summed E-state index contributed by atoms with van der Waals surface area (Å²) in [7, 11) is 0. The minimum atomic E-state index is -0.851. The van der Waals surface area contributed by atoms with E-state index in [2.05, 4.69) is 5.32 Å². The molecule has 0 fully saturated rings. The molecule has 1 amide bonds. The van der Waals surface area contributed by atoms with Crippen molar-refractivity contribution in [3.8, 4) is 11.1 Å². The maximum Gasteiger partial charge on any atom is 0.341 e. The van der Waals surface area contributed by atoms with Gasteiger partial charge in [0.05, 0.1) is 22.0 Å². The first kappa shape index (κ1) is 23.8. The molecule has 1 aromatic heterocycles. The Balaban J connectivity index is 2.05. The molecule has 33 heavy (non-hydrogen) atoms. The van der Waals surface area contributed by atoms with Gasteiger partial charge in [0.1, 0.15) is 16.1 Å². The number of hydrogen-bond donors (Lipinski definition) is 1. The summed E-state index contributed by atoms with van der Waals surface area (Å²) in [6.07, 6.45) is 0. The van der Waals surface area contributed by atoms with Gasteiger partial charge in [0.2, 0.25) is 0 Å². The van der Waals surface area contributed by atoms with Crippen molar-refractivity contribution in [1.82, 2.24) is 0 Å². The topological polar surface area (TPSA) is 142 Å². The molecule has 170 valence electrons. The third-order valence-electron chi connectivity index (χ3n) is 4.66. The number of esters is 1. The van der Waals surface area contributed by atoms with Crippen LogP contribution in [0.3, 0.4) is 0 Å². The van der Waals surface area contributed by atoms with E-state index in [0.29, 0.717) is 16.1 Å². The molecule has 0 saturated heterocycles. The van der Waals surface area contributed by atoms with Crippen LogP contribution in [0.15, 0.2) is 41.8 Å². The summed E-state index contributed by atoms with van der Waals surface area (Å²) < 4.78 is 5.13. The smallest absolute Gasteiger partial charge is 0.341 e. The first-order chi connectivity index (χ1) is 15.6. The minimum absolute atomic E-state index is 0.0913. The Morgan fingerprint density at radius 2 is 1.67 bits per heavy atom. The molecule has 0 bridgehead atoms. The molecule has 3 rings (SSSR count). The van der Waals surface area contributed by atoms with Crippen molar-refractivity contribution < 1.29 is 24.2 Å². The Kier molecular flexibility index (Phi) is 7.04. The summed E-state index contributed by atoms with van der Waals surface area (Å²) in [6, 6.07) is 8.60. The predicted molar refractivity (Wildman–Crippen MR) is 123 cm³/mol. The van der Waals surface area contributed by atoms with Crippen LogP contribution in [0.5, 0.6) is 0 Å². The zero-order chi connectivity index (χ0) is 24.3. The van der Waals surface area contributed by atoms with Gasteiger partial charge in [0, 0.05) is 28.1 Å². The molecule has 0 aliphatic carbocycles. The lowest BCUT2D eigenvalue weighted by molar-refractivity contribution is -0.395. The van der Waals surface area contributed by atoms with Crippen molar-refractivity contribution in [1.29, 1.82) is 0 Å². The molecule has 12 heteroatoms. The molecule has 3 aromatic rings. The van der Waals surface area contributed by atoms with E-state index in [1.165, 1.54) is 6.92 Å². The monoisotopic (exact) mass is 489 g/mol. The van der Waals surface area contributed by atoms with Gasteiger partial charge in [-0.1, -0.05) is 23.7 Å². The number of carbonyl (C=O) groups is 2. The van der Waals surface area contributed by atoms with E-state index in [0.717, 1.165) is 23.5 Å². The molecule has 2 aromatic carbocycles. The predicted octanol–water partition coefficient (Wildman–Crippen LogP) is 5.62. The number of nitrogens with zero attached hydrogens (tertiary/aromatic N) is 2. The van der Waals surface area contributed by atoms with Crippen molar-refractivity contribution >= 4 is 51.2 Å². The van der Waals surface area contributed by atoms with Crippen molar-refractivity contribution in [3.05, 3.63) is 83.7 Å². The SMILES string of the molecule is CCOC(=O)c1c(-c2ccc(Cl)cc2)csc1NC(=O)c1cc([N+](=O)[O-])c(C)c([N+](=O)[O-])c1. The van der Waals surface area contributed by atoms with Gasteiger partial charge in [-0.05, 0) is 31.5 Å². The fourth-order valence-corrected chi connectivity index (χ4v) is 4.15. The van der Waals surface area contributed by atoms with Crippen LogP contribution >= 0.6 is 22.9 Å². The Labute approximate surface area is 196 Å². The van der Waals surface area contributed by atoms with E-state index in [-0.39, 0.29) is 28.3 Å². The third kappa shape index (κ3) is 4.99. The summed E-state index contributed by atoms with van der Waals surface area (Å²) in [5, 5.41) is 27.4. The molecule has 1 N–H and O–H groups in total. The van der Waals surface area contributed by atoms with E-state index < -0.39 is 33.1 Å². The number of nitrogens with one attached hydrogen (secondary N) is 1. The van der Waals surface area contributed by atoms with Gasteiger partial charge in [-0.25, -0.2) is 4.79 Å². The van der Waals surface area contributed by atoms with Crippen molar-refractivity contribution in [2.45, 2.75) is 13.8 Å². The molecular formula is C21H16ClN3O7S. The first-order valence-electron chi connectivity index (χ1n) is 9.43. The van der Waals surface area contributed by atoms with E-state index in [4.69, 9.17) is 16.3 Å². The summed E-state index contributed by atoms with van der Waals surface area (Å²) >= 11 is 6.98. The highest BCUT2D eigenvalue weighted by Crippen LogP contribution is 2.37. The number of anilines is 1. The highest BCUT2D eigenvalue weighted by atomic mass is 35.5. The van der Waals surface area contributed by atoms with Gasteiger partial charge < -0.3 is 10.1 Å². The number of halogens is 1. The lowest BCUT2D eigenvalue weighted by Crippen LogP contribution is -2.15. The Morgan fingerprint density at radius 1 is 1.09 bits per heavy atom. The number of hydrogen-bond acceptors (Lipinski definition) is 8. The van der Waals surface area contributed by atoms with Crippen LogP contribution in [0, 0.1) is 27.2 Å². The van der Waals surface area contributed by atoms with Gasteiger partial charge in [-0.15, -0.1) is 11.3 Å². The molecule has 0 atom stereocenters. The maximum absolute atomic E-state index is 12.9. The second-order valence-electron chi connectivity index (χ2n) is 6.69. The number of amides is 1. The molecule has 0 spiro atoms. The Bertz CT molecular complexity index is 1240. The second kappa shape index (κ2) is 9.76. The van der Waals surface area contributed by atoms with Gasteiger partial charge in [0.15, 0.2) is 0 Å². The summed E-state index contributed by atoms with van der Waals surface area (Å²) in [4.78, 5) is 46.6. The van der Waals surface area contributed by atoms with Crippen LogP contribution < -0.4 is 5.32 Å². The van der Waals surface area contributed by atoms with Crippen LogP contribution in [0.4, 0.5) is 16.4 Å². The van der Waals surface area contributed by atoms with Crippen LogP contribution in [0.25, 0.3) is 11.1 Å². The number of rotatable bonds is 7. The molecule has 10 nitrogen and oxygen atoms in total. The average Bonchev–Trinajstić information content (AvgIpc) is 3.17. The third-order valence-corrected chi connectivity index (χ3v) is 5.81. The van der Waals surface area contributed by atoms with Crippen LogP contribution in [-0.4, -0.2) is 28.3 Å². The molecule has 1 heterocycles. The maximum atomic E-state index is 12.9. The average molecular weight is 490 g/mol. The number of thiophene rings is 1. The van der Waals surface area contributed by atoms with Crippen molar-refractivity contribution in [2.75, 3.05) is 11.9 Å². The van der Waals surface area contributed by atoms with Gasteiger partial charge in [-0.2, -0.15) is 0 Å². The first-order valence-corrected chi connectivity index (χ1v) is 10.7. The lowest BCUT2D eigenvalue weighted by Gasteiger charge is -2.09. The van der Waals surface area contributed by atoms with Gasteiger partial charge in [-0.3, -0.25) is 25.0 Å². The lowest BCUT2D eigenvalue weighted by atomic mass is 10.0. The number of carbonyl (C=O) groups excluding carboxylic acids is 2. The van der Waals surface area contributed by atoms with E-state index in [1.54, 1.807) is 36.6 Å². The largest absolute Gasteiger partial charge is 0.462 e. The van der Waals surface area contributed by atoms with Crippen LogP contribution in [0.1, 0.15) is 33.2 Å². The van der Waals surface area contributed by atoms with Gasteiger partial charge in [0.25, 0.3) is 17.3 Å². The fourth-order valence-electron chi connectivity index (χ4n) is 3.07. The van der Waals surface area contributed by atoms with Crippen molar-refractivity contribution in [3.63, 3.8) is 0 Å². The normalized spacial score (nSPS) is 10.5. The van der Waals surface area contributed by atoms with E-state index in [1.807, 2.05) is 0 Å². The molecule has 0 aliphatic heterocycles. The van der Waals surface area contributed by atoms with Crippen molar-refractivity contribution in [2.24, 2.45) is 0 Å². The minimum Gasteiger partial charge on any atom is -0.462 e.